The fourth-order valence-corrected chi connectivity index (χ4v) is 8.13. The SMILES string of the molecule is O=C1C2CC(CC1(Br)C(Br)c1ccccc1)C(=O)C(Br)(C(Br)c1ccccc1)C2. The summed E-state index contributed by atoms with van der Waals surface area (Å²) in [6, 6.07) is 19.9. The Morgan fingerprint density at radius 1 is 0.690 bits per heavy atom. The van der Waals surface area contributed by atoms with Gasteiger partial charge in [-0.2, -0.15) is 0 Å². The Labute approximate surface area is 204 Å². The third-order valence-electron chi connectivity index (χ3n) is 6.20. The molecule has 2 fully saturated rings. The van der Waals surface area contributed by atoms with E-state index in [1.54, 1.807) is 0 Å². The summed E-state index contributed by atoms with van der Waals surface area (Å²) >= 11 is 15.1. The van der Waals surface area contributed by atoms with Crippen molar-refractivity contribution in [2.24, 2.45) is 11.8 Å². The Hall–Kier alpha value is -0.300. The van der Waals surface area contributed by atoms with Gasteiger partial charge in [0.2, 0.25) is 0 Å². The zero-order valence-electron chi connectivity index (χ0n) is 15.5. The Kier molecular flexibility index (Phi) is 6.29. The predicted octanol–water partition coefficient (Wildman–Crippen LogP) is 7.09. The Bertz CT molecular complexity index is 843. The molecular weight excluding hydrogens is 628 g/mol. The average molecular weight is 648 g/mol. The van der Waals surface area contributed by atoms with E-state index in [4.69, 9.17) is 0 Å². The molecule has 6 atom stereocenters. The lowest BCUT2D eigenvalue weighted by Crippen LogP contribution is -2.57. The molecule has 2 saturated carbocycles. The van der Waals surface area contributed by atoms with Crippen LogP contribution in [0.4, 0.5) is 0 Å². The lowest BCUT2D eigenvalue weighted by Gasteiger charge is -2.50. The standard InChI is InChI=1S/C23H20Br4O2/c24-18(14-7-3-1-4-8-14)22(26)12-16-11-17(20(22)28)13-23(27,21(16)29)19(25)15-9-5-2-6-10-15/h1-10,16-19H,11-13H2. The van der Waals surface area contributed by atoms with E-state index in [-0.39, 0.29) is 33.1 Å². The highest BCUT2D eigenvalue weighted by molar-refractivity contribution is 9.13. The van der Waals surface area contributed by atoms with Gasteiger partial charge in [-0.3, -0.25) is 9.59 Å². The van der Waals surface area contributed by atoms with E-state index in [1.807, 2.05) is 60.7 Å². The molecule has 29 heavy (non-hydrogen) atoms. The summed E-state index contributed by atoms with van der Waals surface area (Å²) in [4.78, 5) is 26.8. The number of carbonyl (C=O) groups is 2. The van der Waals surface area contributed by atoms with Crippen molar-refractivity contribution in [2.75, 3.05) is 0 Å². The molecule has 2 aromatic carbocycles. The van der Waals surface area contributed by atoms with E-state index in [0.717, 1.165) is 11.1 Å². The monoisotopic (exact) mass is 644 g/mol. The van der Waals surface area contributed by atoms with Gasteiger partial charge in [0, 0.05) is 11.8 Å². The van der Waals surface area contributed by atoms with Crippen molar-refractivity contribution in [3.63, 3.8) is 0 Å². The highest BCUT2D eigenvalue weighted by Crippen LogP contribution is 2.59. The maximum Gasteiger partial charge on any atom is 0.154 e. The summed E-state index contributed by atoms with van der Waals surface area (Å²) < 4.78 is -1.55. The minimum absolute atomic E-state index is 0.169. The molecule has 0 aliphatic heterocycles. The first-order chi connectivity index (χ1) is 13.8. The van der Waals surface area contributed by atoms with Gasteiger partial charge in [-0.15, -0.1) is 0 Å². The smallest absolute Gasteiger partial charge is 0.154 e. The van der Waals surface area contributed by atoms with Crippen molar-refractivity contribution in [1.82, 2.24) is 0 Å². The number of rotatable bonds is 4. The van der Waals surface area contributed by atoms with Gasteiger partial charge >= 0.3 is 0 Å². The highest BCUT2D eigenvalue weighted by Gasteiger charge is 2.61. The molecule has 0 amide bonds. The molecule has 152 valence electrons. The summed E-state index contributed by atoms with van der Waals surface area (Å²) in [6.07, 6.45) is 1.63. The second kappa shape index (κ2) is 8.33. The maximum atomic E-state index is 13.6. The van der Waals surface area contributed by atoms with E-state index in [0.29, 0.717) is 19.3 Å². The van der Waals surface area contributed by atoms with Crippen molar-refractivity contribution in [3.8, 4) is 0 Å². The van der Waals surface area contributed by atoms with Crippen molar-refractivity contribution in [3.05, 3.63) is 71.8 Å². The Balaban J connectivity index is 1.65. The number of fused-ring (bicyclic) bond motifs is 2. The minimum Gasteiger partial charge on any atom is -0.298 e. The van der Waals surface area contributed by atoms with Crippen LogP contribution in [0.5, 0.6) is 0 Å². The lowest BCUT2D eigenvalue weighted by atomic mass is 9.61. The van der Waals surface area contributed by atoms with Gasteiger partial charge in [0.15, 0.2) is 11.6 Å². The Morgan fingerprint density at radius 3 is 1.38 bits per heavy atom. The number of alkyl halides is 4. The van der Waals surface area contributed by atoms with Crippen molar-refractivity contribution in [2.45, 2.75) is 37.6 Å². The highest BCUT2D eigenvalue weighted by atomic mass is 79.9. The fourth-order valence-electron chi connectivity index (χ4n) is 4.74. The molecule has 2 bridgehead atoms. The zero-order chi connectivity index (χ0) is 20.8. The summed E-state index contributed by atoms with van der Waals surface area (Å²) in [5, 5.41) is 0. The number of ketones is 2. The first kappa shape index (κ1) is 21.9. The number of halogens is 4. The molecule has 0 N–H and O–H groups in total. The van der Waals surface area contributed by atoms with Crippen LogP contribution in [0.25, 0.3) is 0 Å². The van der Waals surface area contributed by atoms with Gasteiger partial charge in [-0.25, -0.2) is 0 Å². The summed E-state index contributed by atoms with van der Waals surface area (Å²) in [7, 11) is 0. The number of Topliss-reactive ketones (excluding diaryl/α,β-unsaturated/α-hetero) is 2. The third kappa shape index (κ3) is 3.77. The van der Waals surface area contributed by atoms with Crippen LogP contribution in [0, 0.1) is 11.8 Å². The van der Waals surface area contributed by atoms with E-state index < -0.39 is 8.65 Å². The Morgan fingerprint density at radius 2 is 1.03 bits per heavy atom. The summed E-state index contributed by atoms with van der Waals surface area (Å²) in [6.45, 7) is 0. The van der Waals surface area contributed by atoms with E-state index in [1.165, 1.54) is 0 Å². The van der Waals surface area contributed by atoms with Gasteiger partial charge in [0.1, 0.15) is 8.65 Å². The molecule has 0 spiro atoms. The van der Waals surface area contributed by atoms with Gasteiger partial charge in [0.25, 0.3) is 0 Å². The average Bonchev–Trinajstić information content (AvgIpc) is 2.75. The minimum atomic E-state index is -0.777. The van der Waals surface area contributed by atoms with Gasteiger partial charge in [-0.05, 0) is 30.4 Å². The topological polar surface area (TPSA) is 34.1 Å². The van der Waals surface area contributed by atoms with Crippen LogP contribution in [-0.4, -0.2) is 20.2 Å². The molecule has 0 saturated heterocycles. The third-order valence-corrected chi connectivity index (χ3v) is 12.4. The molecule has 2 aliphatic carbocycles. The molecule has 6 unspecified atom stereocenters. The van der Waals surface area contributed by atoms with Gasteiger partial charge in [-0.1, -0.05) is 124 Å². The molecule has 2 aliphatic rings. The normalized spacial score (nSPS) is 33.9. The van der Waals surface area contributed by atoms with E-state index >= 15 is 0 Å². The first-order valence-corrected chi connectivity index (χ1v) is 13.0. The van der Waals surface area contributed by atoms with Gasteiger partial charge in [0.05, 0.1) is 9.65 Å². The number of hydrogen-bond donors (Lipinski definition) is 0. The largest absolute Gasteiger partial charge is 0.298 e. The number of benzene rings is 2. The van der Waals surface area contributed by atoms with Crippen molar-refractivity contribution < 1.29 is 9.59 Å². The number of hydrogen-bond acceptors (Lipinski definition) is 2. The van der Waals surface area contributed by atoms with Crippen LogP contribution in [0.15, 0.2) is 60.7 Å². The van der Waals surface area contributed by atoms with Crippen molar-refractivity contribution in [1.29, 1.82) is 0 Å². The summed E-state index contributed by atoms with van der Waals surface area (Å²) in [5.74, 6) is 0.0302. The molecule has 2 nitrogen and oxygen atoms in total. The summed E-state index contributed by atoms with van der Waals surface area (Å²) in [5.41, 5.74) is 2.08. The molecule has 0 radical (unpaired) electrons. The van der Waals surface area contributed by atoms with Crippen LogP contribution in [0.1, 0.15) is 40.0 Å². The van der Waals surface area contributed by atoms with E-state index in [9.17, 15) is 9.59 Å². The molecular formula is C23H20Br4O2. The first-order valence-electron chi connectivity index (χ1n) is 9.62. The number of carbonyl (C=O) groups excluding carboxylic acids is 2. The van der Waals surface area contributed by atoms with Crippen LogP contribution >= 0.6 is 63.7 Å². The van der Waals surface area contributed by atoms with E-state index in [2.05, 4.69) is 63.7 Å². The second-order valence-electron chi connectivity index (χ2n) is 8.04. The molecule has 0 aromatic heterocycles. The molecule has 0 heterocycles. The zero-order valence-corrected chi connectivity index (χ0v) is 21.9. The van der Waals surface area contributed by atoms with Crippen LogP contribution in [0.3, 0.4) is 0 Å². The fraction of sp³-hybridized carbons (Fsp3) is 0.391. The quantitative estimate of drug-likeness (QED) is 0.332. The molecule has 2 aromatic rings. The van der Waals surface area contributed by atoms with Crippen LogP contribution in [0.2, 0.25) is 0 Å². The second-order valence-corrected chi connectivity index (χ2v) is 12.7. The van der Waals surface area contributed by atoms with Gasteiger partial charge < -0.3 is 0 Å². The molecule has 6 heteroatoms. The molecule has 4 rings (SSSR count). The van der Waals surface area contributed by atoms with Crippen LogP contribution in [-0.2, 0) is 9.59 Å². The maximum absolute atomic E-state index is 13.6. The van der Waals surface area contributed by atoms with Crippen LogP contribution < -0.4 is 0 Å². The lowest BCUT2D eigenvalue weighted by molar-refractivity contribution is -0.138. The van der Waals surface area contributed by atoms with Crippen molar-refractivity contribution >= 4 is 75.3 Å². The predicted molar refractivity (Wildman–Crippen MR) is 130 cm³/mol.